The number of amides is 1. The molecule has 0 saturated carbocycles. The van der Waals surface area contributed by atoms with E-state index in [1.165, 1.54) is 6.21 Å². The molecule has 0 spiro atoms. The van der Waals surface area contributed by atoms with Gasteiger partial charge in [-0.05, 0) is 12.1 Å². The molecule has 2 aromatic heterocycles. The molecule has 0 aromatic carbocycles. The monoisotopic (exact) mass is 276 g/mol. The summed E-state index contributed by atoms with van der Waals surface area (Å²) in [6.45, 7) is 0.237. The van der Waals surface area contributed by atoms with Gasteiger partial charge >= 0.3 is 5.91 Å². The number of nitrogens with one attached hydrogen (secondary N) is 1. The minimum Gasteiger partial charge on any atom is -1.00 e. The van der Waals surface area contributed by atoms with Crippen molar-refractivity contribution in [2.45, 2.75) is 6.54 Å². The molecule has 2 rings (SSSR count). The van der Waals surface area contributed by atoms with Crippen LogP contribution in [0.1, 0.15) is 5.69 Å². The number of nitrogens with zero attached hydrogens (tertiary/aromatic N) is 3. The molecule has 0 aliphatic rings. The summed E-state index contributed by atoms with van der Waals surface area (Å²) in [5, 5.41) is 3.84. The highest BCUT2D eigenvalue weighted by atomic mass is 35.5. The summed E-state index contributed by atoms with van der Waals surface area (Å²) in [5.74, 6) is -0.182. The number of hydrogen-bond donors (Lipinski definition) is 1. The molecule has 5 nitrogen and oxygen atoms in total. The lowest BCUT2D eigenvalue weighted by molar-refractivity contribution is -0.684. The summed E-state index contributed by atoms with van der Waals surface area (Å²) in [6, 6.07) is 11.1. The van der Waals surface area contributed by atoms with Crippen LogP contribution >= 0.6 is 0 Å². The van der Waals surface area contributed by atoms with Crippen molar-refractivity contribution < 1.29 is 21.8 Å². The Hall–Kier alpha value is -2.27. The molecular weight excluding hydrogens is 264 g/mol. The fraction of sp³-hybridized carbons (Fsp3) is 0.0769. The van der Waals surface area contributed by atoms with Crippen molar-refractivity contribution in [1.29, 1.82) is 0 Å². The van der Waals surface area contributed by atoms with Gasteiger partial charge in [0.1, 0.15) is 0 Å². The quantitative estimate of drug-likeness (QED) is 0.382. The predicted molar refractivity (Wildman–Crippen MR) is 66.6 cm³/mol. The Morgan fingerprint density at radius 3 is 2.74 bits per heavy atom. The highest BCUT2D eigenvalue weighted by Gasteiger charge is 2.06. The van der Waals surface area contributed by atoms with E-state index in [1.54, 1.807) is 10.8 Å². The second-order valence-corrected chi connectivity index (χ2v) is 3.60. The average Bonchev–Trinajstić information content (AvgIpc) is 2.41. The Morgan fingerprint density at radius 1 is 1.26 bits per heavy atom. The van der Waals surface area contributed by atoms with Gasteiger partial charge in [0.2, 0.25) is 6.54 Å². The fourth-order valence-corrected chi connectivity index (χ4v) is 1.36. The zero-order valence-corrected chi connectivity index (χ0v) is 10.9. The zero-order chi connectivity index (χ0) is 12.6. The normalized spacial score (nSPS) is 9.89. The van der Waals surface area contributed by atoms with Gasteiger partial charge in [0.15, 0.2) is 12.4 Å². The highest BCUT2D eigenvalue weighted by molar-refractivity contribution is 5.80. The molecule has 0 saturated heterocycles. The number of rotatable bonds is 4. The van der Waals surface area contributed by atoms with Crippen LogP contribution in [0, 0.1) is 0 Å². The third-order valence-electron chi connectivity index (χ3n) is 2.18. The lowest BCUT2D eigenvalue weighted by Crippen LogP contribution is -3.00. The lowest BCUT2D eigenvalue weighted by atomic mass is 10.4. The standard InChI is InChI=1S/C13H12N4O.ClH/c18-13(11-17-8-4-1-5-9-17)16-15-10-12-6-2-3-7-14-12;/h1-10H,11H2;1H. The van der Waals surface area contributed by atoms with Gasteiger partial charge in [-0.15, -0.1) is 0 Å². The molecule has 2 aromatic rings. The Bertz CT molecular complexity index is 531. The third kappa shape index (κ3) is 5.27. The molecule has 6 heteroatoms. The minimum absolute atomic E-state index is 0. The second kappa shape index (κ2) is 7.94. The molecule has 0 radical (unpaired) electrons. The maximum atomic E-state index is 11.5. The lowest BCUT2D eigenvalue weighted by Gasteiger charge is -1.96. The summed E-state index contributed by atoms with van der Waals surface area (Å²) in [7, 11) is 0. The van der Waals surface area contributed by atoms with Crippen LogP contribution in [0.15, 0.2) is 60.1 Å². The number of pyridine rings is 2. The summed E-state index contributed by atoms with van der Waals surface area (Å²) in [4.78, 5) is 15.6. The van der Waals surface area contributed by atoms with Crippen LogP contribution in [0.2, 0.25) is 0 Å². The Kier molecular flexibility index (Phi) is 6.18. The third-order valence-corrected chi connectivity index (χ3v) is 2.18. The van der Waals surface area contributed by atoms with Crippen LogP contribution in [0.4, 0.5) is 0 Å². The largest absolute Gasteiger partial charge is 1.00 e. The Balaban J connectivity index is 0.00000180. The first-order valence-electron chi connectivity index (χ1n) is 5.51. The smallest absolute Gasteiger partial charge is 0.305 e. The number of hydrogen-bond acceptors (Lipinski definition) is 3. The predicted octanol–water partition coefficient (Wildman–Crippen LogP) is -2.48. The SMILES string of the molecule is O=C(C[n+]1ccccc1)N/N=C/c1ccccn1.[Cl-]. The van der Waals surface area contributed by atoms with Crippen molar-refractivity contribution in [3.05, 3.63) is 60.7 Å². The first-order chi connectivity index (χ1) is 8.84. The van der Waals surface area contributed by atoms with Gasteiger partial charge in [-0.25, -0.2) is 5.43 Å². The maximum absolute atomic E-state index is 11.5. The molecule has 0 aliphatic carbocycles. The topological polar surface area (TPSA) is 58.2 Å². The molecule has 0 fully saturated rings. The molecule has 98 valence electrons. The number of hydrazone groups is 1. The van der Waals surface area contributed by atoms with Crippen LogP contribution in [-0.4, -0.2) is 17.1 Å². The molecule has 19 heavy (non-hydrogen) atoms. The maximum Gasteiger partial charge on any atom is 0.305 e. The van der Waals surface area contributed by atoms with Gasteiger partial charge in [-0.3, -0.25) is 9.78 Å². The van der Waals surface area contributed by atoms with Crippen LogP contribution in [-0.2, 0) is 11.3 Å². The first kappa shape index (κ1) is 14.8. The van der Waals surface area contributed by atoms with Crippen molar-refractivity contribution >= 4 is 12.1 Å². The van der Waals surface area contributed by atoms with Crippen LogP contribution in [0.3, 0.4) is 0 Å². The van der Waals surface area contributed by atoms with E-state index in [9.17, 15) is 4.79 Å². The second-order valence-electron chi connectivity index (χ2n) is 3.60. The Labute approximate surface area is 117 Å². The molecule has 0 unspecified atom stereocenters. The van der Waals surface area contributed by atoms with E-state index >= 15 is 0 Å². The van der Waals surface area contributed by atoms with E-state index in [1.807, 2.05) is 48.8 Å². The van der Waals surface area contributed by atoms with E-state index in [0.717, 1.165) is 0 Å². The van der Waals surface area contributed by atoms with E-state index in [-0.39, 0.29) is 24.9 Å². The first-order valence-corrected chi connectivity index (χ1v) is 5.51. The molecule has 0 atom stereocenters. The fourth-order valence-electron chi connectivity index (χ4n) is 1.36. The molecule has 2 heterocycles. The number of halogens is 1. The summed E-state index contributed by atoms with van der Waals surface area (Å²) < 4.78 is 1.77. The van der Waals surface area contributed by atoms with E-state index in [4.69, 9.17) is 0 Å². The van der Waals surface area contributed by atoms with Crippen LogP contribution in [0.25, 0.3) is 0 Å². The summed E-state index contributed by atoms with van der Waals surface area (Å²) in [6.07, 6.45) is 6.82. The van der Waals surface area contributed by atoms with E-state index in [2.05, 4.69) is 15.5 Å². The minimum atomic E-state index is -0.182. The molecule has 0 bridgehead atoms. The van der Waals surface area contributed by atoms with Gasteiger partial charge in [0, 0.05) is 18.3 Å². The van der Waals surface area contributed by atoms with Gasteiger partial charge < -0.3 is 12.4 Å². The number of carbonyl (C=O) groups is 1. The highest BCUT2D eigenvalue weighted by Crippen LogP contribution is 1.87. The molecular formula is C13H13ClN4O. The van der Waals surface area contributed by atoms with Crippen molar-refractivity contribution in [1.82, 2.24) is 10.4 Å². The van der Waals surface area contributed by atoms with Crippen molar-refractivity contribution in [2.75, 3.05) is 0 Å². The van der Waals surface area contributed by atoms with E-state index in [0.29, 0.717) is 5.69 Å². The molecule has 0 aliphatic heterocycles. The van der Waals surface area contributed by atoms with Gasteiger partial charge in [-0.1, -0.05) is 12.1 Å². The summed E-state index contributed by atoms with van der Waals surface area (Å²) >= 11 is 0. The molecule has 1 amide bonds. The molecule has 1 N–H and O–H groups in total. The van der Waals surface area contributed by atoms with E-state index < -0.39 is 0 Å². The van der Waals surface area contributed by atoms with Gasteiger partial charge in [-0.2, -0.15) is 9.67 Å². The summed E-state index contributed by atoms with van der Waals surface area (Å²) in [5.41, 5.74) is 3.15. The van der Waals surface area contributed by atoms with Crippen molar-refractivity contribution in [3.63, 3.8) is 0 Å². The van der Waals surface area contributed by atoms with Crippen LogP contribution < -0.4 is 22.4 Å². The number of carbonyl (C=O) groups excluding carboxylic acids is 1. The average molecular weight is 277 g/mol. The van der Waals surface area contributed by atoms with Crippen LogP contribution in [0.5, 0.6) is 0 Å². The number of aromatic nitrogens is 2. The van der Waals surface area contributed by atoms with Crippen molar-refractivity contribution in [3.8, 4) is 0 Å². The van der Waals surface area contributed by atoms with Crippen molar-refractivity contribution in [2.24, 2.45) is 5.10 Å². The Morgan fingerprint density at radius 2 is 2.05 bits per heavy atom. The van der Waals surface area contributed by atoms with Gasteiger partial charge in [0.25, 0.3) is 0 Å². The van der Waals surface area contributed by atoms with Gasteiger partial charge in [0.05, 0.1) is 11.9 Å². The zero-order valence-electron chi connectivity index (χ0n) is 10.1.